The zero-order chi connectivity index (χ0) is 20.3. The molecule has 26 heavy (non-hydrogen) atoms. The van der Waals surface area contributed by atoms with Gasteiger partial charge < -0.3 is 10.6 Å². The molecule has 0 spiro atoms. The number of aromatic nitrogens is 2. The zero-order valence-electron chi connectivity index (χ0n) is 17.7. The van der Waals surface area contributed by atoms with E-state index in [1.165, 1.54) is 0 Å². The van der Waals surface area contributed by atoms with Gasteiger partial charge in [0.2, 0.25) is 5.91 Å². The third kappa shape index (κ3) is 6.04. The Morgan fingerprint density at radius 3 is 2.15 bits per heavy atom. The van der Waals surface area contributed by atoms with Crippen molar-refractivity contribution in [2.75, 3.05) is 5.32 Å². The summed E-state index contributed by atoms with van der Waals surface area (Å²) in [6.45, 7) is 17.9. The molecule has 1 rings (SSSR count). The van der Waals surface area contributed by atoms with Gasteiger partial charge in [0, 0.05) is 17.5 Å². The fourth-order valence-electron chi connectivity index (χ4n) is 2.23. The quantitative estimate of drug-likeness (QED) is 0.747. The molecule has 1 heterocycles. The van der Waals surface area contributed by atoms with E-state index in [0.717, 1.165) is 12.1 Å². The Morgan fingerprint density at radius 2 is 1.69 bits per heavy atom. The Hall–Kier alpha value is -2.05. The van der Waals surface area contributed by atoms with Gasteiger partial charge in [0.1, 0.15) is 11.9 Å². The van der Waals surface area contributed by atoms with Gasteiger partial charge >= 0.3 is 6.03 Å². The molecule has 1 aromatic heterocycles. The molecule has 0 radical (unpaired) electrons. The molecule has 0 aliphatic heterocycles. The van der Waals surface area contributed by atoms with E-state index in [4.69, 9.17) is 0 Å². The minimum atomic E-state index is -0.628. The number of urea groups is 1. The lowest BCUT2D eigenvalue weighted by Gasteiger charge is -2.23. The maximum atomic E-state index is 12.4. The lowest BCUT2D eigenvalue weighted by atomic mass is 9.92. The molecule has 2 atom stereocenters. The van der Waals surface area contributed by atoms with Gasteiger partial charge in [0.15, 0.2) is 0 Å². The summed E-state index contributed by atoms with van der Waals surface area (Å²) in [5, 5.41) is 13.0. The molecule has 7 heteroatoms. The molecular formula is C19H35N5O2. The minimum Gasteiger partial charge on any atom is -0.352 e. The van der Waals surface area contributed by atoms with Crippen molar-refractivity contribution in [3.8, 4) is 0 Å². The average molecular weight is 366 g/mol. The summed E-state index contributed by atoms with van der Waals surface area (Å²) < 4.78 is 1.80. The van der Waals surface area contributed by atoms with Crippen LogP contribution in [0.4, 0.5) is 10.6 Å². The van der Waals surface area contributed by atoms with E-state index in [2.05, 4.69) is 41.8 Å². The number of amides is 3. The number of hydrogen-bond acceptors (Lipinski definition) is 3. The van der Waals surface area contributed by atoms with E-state index in [1.807, 2.05) is 40.7 Å². The van der Waals surface area contributed by atoms with Crippen LogP contribution in [0.1, 0.15) is 74.4 Å². The summed E-state index contributed by atoms with van der Waals surface area (Å²) in [6.07, 6.45) is 0.838. The number of carbonyl (C=O) groups is 2. The molecular weight excluding hydrogens is 330 g/mol. The lowest BCUT2D eigenvalue weighted by molar-refractivity contribution is -0.123. The van der Waals surface area contributed by atoms with Crippen LogP contribution in [0.15, 0.2) is 6.07 Å². The summed E-state index contributed by atoms with van der Waals surface area (Å²) in [4.78, 5) is 24.5. The van der Waals surface area contributed by atoms with E-state index >= 15 is 0 Å². The monoisotopic (exact) mass is 365 g/mol. The smallest absolute Gasteiger partial charge is 0.321 e. The molecule has 1 aromatic rings. The van der Waals surface area contributed by atoms with Crippen LogP contribution >= 0.6 is 0 Å². The van der Waals surface area contributed by atoms with Crippen molar-refractivity contribution in [3.63, 3.8) is 0 Å². The molecule has 2 unspecified atom stereocenters. The first-order chi connectivity index (χ1) is 11.8. The summed E-state index contributed by atoms with van der Waals surface area (Å²) in [5.74, 6) is 0.406. The van der Waals surface area contributed by atoms with Gasteiger partial charge in [-0.15, -0.1) is 0 Å². The Balaban J connectivity index is 2.89. The number of hydrogen-bond donors (Lipinski definition) is 3. The zero-order valence-corrected chi connectivity index (χ0v) is 17.7. The fourth-order valence-corrected chi connectivity index (χ4v) is 2.23. The van der Waals surface area contributed by atoms with Crippen LogP contribution in [0.5, 0.6) is 0 Å². The van der Waals surface area contributed by atoms with Gasteiger partial charge in [-0.3, -0.25) is 10.1 Å². The number of rotatable bonds is 5. The molecule has 0 saturated carbocycles. The van der Waals surface area contributed by atoms with Crippen LogP contribution in [-0.4, -0.2) is 33.8 Å². The molecule has 3 N–H and O–H groups in total. The predicted octanol–water partition coefficient (Wildman–Crippen LogP) is 3.36. The number of nitrogens with one attached hydrogen (secondary N) is 3. The molecule has 0 aromatic carbocycles. The summed E-state index contributed by atoms with van der Waals surface area (Å²) in [6, 6.07) is 0.903. The van der Waals surface area contributed by atoms with Crippen molar-refractivity contribution in [2.24, 2.45) is 0 Å². The van der Waals surface area contributed by atoms with Gasteiger partial charge in [-0.1, -0.05) is 27.7 Å². The molecule has 0 aliphatic carbocycles. The van der Waals surface area contributed by atoms with Gasteiger partial charge in [-0.05, 0) is 41.0 Å². The molecule has 148 valence electrons. The van der Waals surface area contributed by atoms with E-state index in [-0.39, 0.29) is 22.9 Å². The summed E-state index contributed by atoms with van der Waals surface area (Å²) in [7, 11) is 0. The second kappa shape index (κ2) is 8.10. The Kier molecular flexibility index (Phi) is 6.85. The maximum absolute atomic E-state index is 12.4. The van der Waals surface area contributed by atoms with Gasteiger partial charge in [-0.25, -0.2) is 9.48 Å². The molecule has 3 amide bonds. The molecule has 0 aliphatic rings. The highest BCUT2D eigenvalue weighted by Crippen LogP contribution is 2.28. The summed E-state index contributed by atoms with van der Waals surface area (Å²) >= 11 is 0. The highest BCUT2D eigenvalue weighted by Gasteiger charge is 2.26. The Labute approximate surface area is 157 Å². The molecule has 0 fully saturated rings. The van der Waals surface area contributed by atoms with Crippen molar-refractivity contribution < 1.29 is 9.59 Å². The Bertz CT molecular complexity index is 637. The largest absolute Gasteiger partial charge is 0.352 e. The third-order valence-corrected chi connectivity index (χ3v) is 4.10. The van der Waals surface area contributed by atoms with Crippen LogP contribution < -0.4 is 16.0 Å². The first kappa shape index (κ1) is 22.0. The van der Waals surface area contributed by atoms with Crippen molar-refractivity contribution in [2.45, 2.75) is 91.8 Å². The van der Waals surface area contributed by atoms with Crippen LogP contribution in [0.3, 0.4) is 0 Å². The first-order valence-corrected chi connectivity index (χ1v) is 9.24. The fraction of sp³-hybridized carbons (Fsp3) is 0.737. The third-order valence-electron chi connectivity index (χ3n) is 4.10. The SMILES string of the molecule is CCC(C)NC(=O)C(C)NC(=O)Nc1cc(C(C)(C)C)nn1C(C)(C)C. The predicted molar refractivity (Wildman–Crippen MR) is 105 cm³/mol. The highest BCUT2D eigenvalue weighted by molar-refractivity contribution is 5.93. The van der Waals surface area contributed by atoms with E-state index in [0.29, 0.717) is 5.82 Å². The van der Waals surface area contributed by atoms with E-state index < -0.39 is 12.1 Å². The van der Waals surface area contributed by atoms with Gasteiger partial charge in [-0.2, -0.15) is 5.10 Å². The van der Waals surface area contributed by atoms with Crippen molar-refractivity contribution >= 4 is 17.8 Å². The van der Waals surface area contributed by atoms with Crippen molar-refractivity contribution in [1.82, 2.24) is 20.4 Å². The first-order valence-electron chi connectivity index (χ1n) is 9.24. The molecule has 0 bridgehead atoms. The topological polar surface area (TPSA) is 88.1 Å². The van der Waals surface area contributed by atoms with Crippen LogP contribution in [-0.2, 0) is 15.7 Å². The highest BCUT2D eigenvalue weighted by atomic mass is 16.2. The van der Waals surface area contributed by atoms with E-state index in [9.17, 15) is 9.59 Å². The van der Waals surface area contributed by atoms with Gasteiger partial charge in [0.25, 0.3) is 0 Å². The minimum absolute atomic E-state index is 0.0754. The molecule has 0 saturated heterocycles. The second-order valence-electron chi connectivity index (χ2n) is 8.89. The lowest BCUT2D eigenvalue weighted by Crippen LogP contribution is -2.48. The second-order valence-corrected chi connectivity index (χ2v) is 8.89. The maximum Gasteiger partial charge on any atom is 0.321 e. The average Bonchev–Trinajstić information content (AvgIpc) is 2.90. The number of nitrogens with zero attached hydrogens (tertiary/aromatic N) is 2. The Morgan fingerprint density at radius 1 is 1.12 bits per heavy atom. The van der Waals surface area contributed by atoms with Gasteiger partial charge in [0.05, 0.1) is 11.2 Å². The molecule has 7 nitrogen and oxygen atoms in total. The van der Waals surface area contributed by atoms with E-state index in [1.54, 1.807) is 11.6 Å². The van der Waals surface area contributed by atoms with Crippen molar-refractivity contribution in [3.05, 3.63) is 11.8 Å². The summed E-state index contributed by atoms with van der Waals surface area (Å²) in [5.41, 5.74) is 0.476. The van der Waals surface area contributed by atoms with Crippen LogP contribution in [0.25, 0.3) is 0 Å². The number of anilines is 1. The van der Waals surface area contributed by atoms with Crippen molar-refractivity contribution in [1.29, 1.82) is 0 Å². The number of carbonyl (C=O) groups excluding carboxylic acids is 2. The van der Waals surface area contributed by atoms with Crippen LogP contribution in [0, 0.1) is 0 Å². The normalized spacial score (nSPS) is 14.5. The van der Waals surface area contributed by atoms with Crippen LogP contribution in [0.2, 0.25) is 0 Å². The standard InChI is InChI=1S/C19H35N5O2/c1-10-12(2)20-16(25)13(3)21-17(26)22-15-11-14(18(4,5)6)23-24(15)19(7,8)9/h11-13H,10H2,1-9H3,(H,20,25)(H2,21,22,26).